The third-order valence-electron chi connectivity index (χ3n) is 3.48. The van der Waals surface area contributed by atoms with Crippen LogP contribution in [0.4, 0.5) is 0 Å². The van der Waals surface area contributed by atoms with E-state index < -0.39 is 0 Å². The number of phenols is 1. The minimum Gasteiger partial charge on any atom is -0.508 e. The second kappa shape index (κ2) is 9.37. The third kappa shape index (κ3) is 6.57. The van der Waals surface area contributed by atoms with E-state index in [0.29, 0.717) is 25.4 Å². The number of hydrogen-bond donors (Lipinski definition) is 3. The van der Waals surface area contributed by atoms with E-state index in [1.165, 1.54) is 0 Å². The van der Waals surface area contributed by atoms with Crippen molar-refractivity contribution in [3.8, 4) is 5.75 Å². The molecule has 0 spiro atoms. The van der Waals surface area contributed by atoms with Crippen LogP contribution in [-0.2, 0) is 11.3 Å². The SMILES string of the molecule is CCCC(CCN)CCC(=O)NCc1ccc(O)cc1. The maximum Gasteiger partial charge on any atom is 0.220 e. The summed E-state index contributed by atoms with van der Waals surface area (Å²) in [5.41, 5.74) is 6.58. The topological polar surface area (TPSA) is 75.4 Å². The molecule has 0 aliphatic rings. The molecule has 1 atom stereocenters. The van der Waals surface area contributed by atoms with Crippen LogP contribution in [-0.4, -0.2) is 17.6 Å². The highest BCUT2D eigenvalue weighted by Gasteiger charge is 2.09. The number of rotatable bonds is 9. The van der Waals surface area contributed by atoms with Crippen molar-refractivity contribution in [3.63, 3.8) is 0 Å². The van der Waals surface area contributed by atoms with Crippen molar-refractivity contribution in [2.45, 2.75) is 45.6 Å². The van der Waals surface area contributed by atoms with E-state index in [4.69, 9.17) is 5.73 Å². The van der Waals surface area contributed by atoms with Crippen molar-refractivity contribution in [1.82, 2.24) is 5.32 Å². The van der Waals surface area contributed by atoms with Gasteiger partial charge in [0.15, 0.2) is 0 Å². The van der Waals surface area contributed by atoms with E-state index in [1.54, 1.807) is 12.1 Å². The van der Waals surface area contributed by atoms with Crippen molar-refractivity contribution < 1.29 is 9.90 Å². The predicted molar refractivity (Wildman–Crippen MR) is 81.3 cm³/mol. The normalized spacial score (nSPS) is 12.1. The molecule has 0 saturated heterocycles. The summed E-state index contributed by atoms with van der Waals surface area (Å²) in [7, 11) is 0. The molecule has 4 heteroatoms. The molecule has 0 saturated carbocycles. The molecule has 0 bridgehead atoms. The number of phenolic OH excluding ortho intramolecular Hbond substituents is 1. The molecule has 4 N–H and O–H groups in total. The second-order valence-electron chi connectivity index (χ2n) is 5.21. The van der Waals surface area contributed by atoms with Gasteiger partial charge in [-0.05, 0) is 43.0 Å². The summed E-state index contributed by atoms with van der Waals surface area (Å²) in [5, 5.41) is 12.1. The van der Waals surface area contributed by atoms with Gasteiger partial charge in [-0.25, -0.2) is 0 Å². The summed E-state index contributed by atoms with van der Waals surface area (Å²) in [5.74, 6) is 0.880. The number of aromatic hydroxyl groups is 1. The third-order valence-corrected chi connectivity index (χ3v) is 3.48. The molecule has 1 rings (SSSR count). The maximum atomic E-state index is 11.8. The zero-order valence-corrected chi connectivity index (χ0v) is 12.3. The Bertz CT molecular complexity index is 384. The number of nitrogens with two attached hydrogens (primary N) is 1. The van der Waals surface area contributed by atoms with Crippen molar-refractivity contribution in [3.05, 3.63) is 29.8 Å². The molecule has 0 aliphatic heterocycles. The summed E-state index contributed by atoms with van der Waals surface area (Å²) >= 11 is 0. The van der Waals surface area contributed by atoms with Gasteiger partial charge in [-0.2, -0.15) is 0 Å². The highest BCUT2D eigenvalue weighted by atomic mass is 16.3. The Morgan fingerprint density at radius 3 is 2.55 bits per heavy atom. The van der Waals surface area contributed by atoms with Crippen molar-refractivity contribution in [2.24, 2.45) is 11.7 Å². The first-order valence-corrected chi connectivity index (χ1v) is 7.40. The number of hydrogen-bond acceptors (Lipinski definition) is 3. The smallest absolute Gasteiger partial charge is 0.220 e. The fraction of sp³-hybridized carbons (Fsp3) is 0.562. The van der Waals surface area contributed by atoms with Gasteiger partial charge >= 0.3 is 0 Å². The molecule has 0 aromatic heterocycles. The summed E-state index contributed by atoms with van der Waals surface area (Å²) < 4.78 is 0. The first-order valence-electron chi connectivity index (χ1n) is 7.40. The molecule has 0 heterocycles. The molecule has 0 radical (unpaired) electrons. The lowest BCUT2D eigenvalue weighted by Crippen LogP contribution is -2.23. The van der Waals surface area contributed by atoms with Gasteiger partial charge in [-0.15, -0.1) is 0 Å². The molecular formula is C16H26N2O2. The van der Waals surface area contributed by atoms with Crippen molar-refractivity contribution >= 4 is 5.91 Å². The number of benzene rings is 1. The van der Waals surface area contributed by atoms with E-state index in [1.807, 2.05) is 12.1 Å². The lowest BCUT2D eigenvalue weighted by Gasteiger charge is -2.14. The van der Waals surface area contributed by atoms with Crippen molar-refractivity contribution in [2.75, 3.05) is 6.54 Å². The molecule has 1 amide bonds. The van der Waals surface area contributed by atoms with Crippen LogP contribution in [0, 0.1) is 5.92 Å². The van der Waals surface area contributed by atoms with Gasteiger partial charge < -0.3 is 16.2 Å². The molecular weight excluding hydrogens is 252 g/mol. The average Bonchev–Trinajstić information content (AvgIpc) is 2.44. The molecule has 1 aromatic carbocycles. The summed E-state index contributed by atoms with van der Waals surface area (Å²) in [6.07, 6.45) is 4.75. The molecule has 112 valence electrons. The van der Waals surface area contributed by atoms with Gasteiger partial charge in [0, 0.05) is 13.0 Å². The van der Waals surface area contributed by atoms with Gasteiger partial charge in [0.05, 0.1) is 0 Å². The average molecular weight is 278 g/mol. The van der Waals surface area contributed by atoms with Crippen LogP contribution in [0.2, 0.25) is 0 Å². The van der Waals surface area contributed by atoms with E-state index >= 15 is 0 Å². The minimum absolute atomic E-state index is 0.0798. The zero-order valence-electron chi connectivity index (χ0n) is 12.3. The molecule has 1 aromatic rings. The van der Waals surface area contributed by atoms with Gasteiger partial charge in [0.1, 0.15) is 5.75 Å². The quantitative estimate of drug-likeness (QED) is 0.650. The fourth-order valence-electron chi connectivity index (χ4n) is 2.32. The standard InChI is InChI=1S/C16H26N2O2/c1-2-3-13(10-11-17)6-9-16(20)18-12-14-4-7-15(19)8-5-14/h4-5,7-8,13,19H,2-3,6,9-12,17H2,1H3,(H,18,20). The van der Waals surface area contributed by atoms with Crippen LogP contribution in [0.5, 0.6) is 5.75 Å². The molecule has 0 aliphatic carbocycles. The number of carbonyl (C=O) groups is 1. The van der Waals surface area contributed by atoms with Gasteiger partial charge in [-0.3, -0.25) is 4.79 Å². The Morgan fingerprint density at radius 1 is 1.25 bits per heavy atom. The molecule has 0 fully saturated rings. The van der Waals surface area contributed by atoms with Crippen LogP contribution in [0.3, 0.4) is 0 Å². The van der Waals surface area contributed by atoms with E-state index in [2.05, 4.69) is 12.2 Å². The van der Waals surface area contributed by atoms with Gasteiger partial charge in [0.2, 0.25) is 5.91 Å². The van der Waals surface area contributed by atoms with E-state index in [9.17, 15) is 9.90 Å². The minimum atomic E-state index is 0.0798. The van der Waals surface area contributed by atoms with Crippen LogP contribution in [0.1, 0.15) is 44.6 Å². The lowest BCUT2D eigenvalue weighted by atomic mass is 9.94. The first-order chi connectivity index (χ1) is 9.65. The monoisotopic (exact) mass is 278 g/mol. The predicted octanol–water partition coefficient (Wildman–Crippen LogP) is 2.55. The zero-order chi connectivity index (χ0) is 14.8. The number of carbonyl (C=O) groups excluding carboxylic acids is 1. The van der Waals surface area contributed by atoms with E-state index in [0.717, 1.165) is 31.2 Å². The number of amides is 1. The van der Waals surface area contributed by atoms with Crippen LogP contribution in [0.15, 0.2) is 24.3 Å². The highest BCUT2D eigenvalue weighted by molar-refractivity contribution is 5.75. The first kappa shape index (κ1) is 16.5. The summed E-state index contributed by atoms with van der Waals surface area (Å²) in [6.45, 7) is 3.36. The summed E-state index contributed by atoms with van der Waals surface area (Å²) in [6, 6.07) is 6.87. The van der Waals surface area contributed by atoms with Crippen molar-refractivity contribution in [1.29, 1.82) is 0 Å². The summed E-state index contributed by atoms with van der Waals surface area (Å²) in [4.78, 5) is 11.8. The van der Waals surface area contributed by atoms with Gasteiger partial charge in [0.25, 0.3) is 0 Å². The second-order valence-corrected chi connectivity index (χ2v) is 5.21. The van der Waals surface area contributed by atoms with Gasteiger partial charge in [-0.1, -0.05) is 31.9 Å². The largest absolute Gasteiger partial charge is 0.508 e. The number of nitrogens with one attached hydrogen (secondary N) is 1. The molecule has 1 unspecified atom stereocenters. The Kier molecular flexibility index (Phi) is 7.73. The Labute approximate surface area is 121 Å². The molecule has 20 heavy (non-hydrogen) atoms. The highest BCUT2D eigenvalue weighted by Crippen LogP contribution is 2.17. The Morgan fingerprint density at radius 2 is 1.95 bits per heavy atom. The lowest BCUT2D eigenvalue weighted by molar-refractivity contribution is -0.121. The van der Waals surface area contributed by atoms with Crippen LogP contribution in [0.25, 0.3) is 0 Å². The van der Waals surface area contributed by atoms with Crippen LogP contribution < -0.4 is 11.1 Å². The Balaban J connectivity index is 2.27. The Hall–Kier alpha value is -1.55. The van der Waals surface area contributed by atoms with Crippen LogP contribution >= 0.6 is 0 Å². The fourth-order valence-corrected chi connectivity index (χ4v) is 2.32. The maximum absolute atomic E-state index is 11.8. The van der Waals surface area contributed by atoms with E-state index in [-0.39, 0.29) is 11.7 Å². The molecule has 4 nitrogen and oxygen atoms in total.